The van der Waals surface area contributed by atoms with Crippen molar-refractivity contribution < 1.29 is 28.5 Å². The standard InChI is InChI=1S/C33H37N3O7S/c1-5-10-24-29(32(39)42-6-2)30(22-11-9-12-23(19-22)40-3)36-31(38)27(44-33(36)34-24)18-21-13-14-25(26(17-21)41-4)43-20-28(37)35-15-7-8-16-35/h9,11-14,17-19,30H,5-8,10,15-16,20H2,1-4H3/b27-18+/t30-/m1/s1. The Morgan fingerprint density at radius 3 is 2.55 bits per heavy atom. The molecule has 0 bridgehead atoms. The van der Waals surface area contributed by atoms with E-state index in [0.29, 0.717) is 49.8 Å². The average Bonchev–Trinajstić information content (AvgIpc) is 3.68. The van der Waals surface area contributed by atoms with Gasteiger partial charge in [0.15, 0.2) is 22.9 Å². The summed E-state index contributed by atoms with van der Waals surface area (Å²) in [6.07, 6.45) is 5.11. The van der Waals surface area contributed by atoms with Gasteiger partial charge < -0.3 is 23.8 Å². The molecule has 0 N–H and O–H groups in total. The molecule has 1 atom stereocenters. The second kappa shape index (κ2) is 13.9. The van der Waals surface area contributed by atoms with Crippen molar-refractivity contribution in [2.45, 2.75) is 45.6 Å². The Hall–Kier alpha value is -4.38. The van der Waals surface area contributed by atoms with Crippen LogP contribution >= 0.6 is 11.3 Å². The van der Waals surface area contributed by atoms with E-state index in [1.807, 2.05) is 37.3 Å². The van der Waals surface area contributed by atoms with Gasteiger partial charge in [-0.2, -0.15) is 0 Å². The summed E-state index contributed by atoms with van der Waals surface area (Å²) in [5.41, 5.74) is 2.11. The molecule has 10 nitrogen and oxygen atoms in total. The first kappa shape index (κ1) is 31.1. The Morgan fingerprint density at radius 2 is 1.84 bits per heavy atom. The van der Waals surface area contributed by atoms with Crippen LogP contribution in [0.5, 0.6) is 17.2 Å². The largest absolute Gasteiger partial charge is 0.497 e. The van der Waals surface area contributed by atoms with E-state index in [1.54, 1.807) is 41.7 Å². The minimum atomic E-state index is -0.734. The maximum Gasteiger partial charge on any atom is 0.338 e. The van der Waals surface area contributed by atoms with E-state index in [0.717, 1.165) is 37.9 Å². The van der Waals surface area contributed by atoms with E-state index in [-0.39, 0.29) is 24.7 Å². The number of allylic oxidation sites excluding steroid dienone is 1. The Balaban J connectivity index is 1.56. The second-order valence-corrected chi connectivity index (χ2v) is 11.5. The number of hydrogen-bond acceptors (Lipinski definition) is 9. The van der Waals surface area contributed by atoms with Gasteiger partial charge in [0.05, 0.1) is 42.7 Å². The van der Waals surface area contributed by atoms with Crippen LogP contribution in [0.3, 0.4) is 0 Å². The number of benzene rings is 2. The molecule has 0 aliphatic carbocycles. The molecular formula is C33H37N3O7S. The maximum absolute atomic E-state index is 14.0. The van der Waals surface area contributed by atoms with Crippen LogP contribution in [0.2, 0.25) is 0 Å². The van der Waals surface area contributed by atoms with Crippen LogP contribution in [0.15, 0.2) is 63.5 Å². The summed E-state index contributed by atoms with van der Waals surface area (Å²) in [5, 5.41) is 0. The van der Waals surface area contributed by atoms with Crippen molar-refractivity contribution in [2.75, 3.05) is 40.5 Å². The fourth-order valence-electron chi connectivity index (χ4n) is 5.49. The van der Waals surface area contributed by atoms with E-state index >= 15 is 0 Å². The van der Waals surface area contributed by atoms with Crippen molar-refractivity contribution in [1.82, 2.24) is 9.47 Å². The summed E-state index contributed by atoms with van der Waals surface area (Å²) in [4.78, 5) is 47.0. The topological polar surface area (TPSA) is 109 Å². The number of likely N-dealkylation sites (tertiary alicyclic amines) is 1. The summed E-state index contributed by atoms with van der Waals surface area (Å²) in [6, 6.07) is 11.9. The first-order valence-electron chi connectivity index (χ1n) is 14.8. The van der Waals surface area contributed by atoms with E-state index < -0.39 is 12.0 Å². The van der Waals surface area contributed by atoms with Gasteiger partial charge in [-0.3, -0.25) is 14.2 Å². The summed E-state index contributed by atoms with van der Waals surface area (Å²) in [7, 11) is 3.10. The molecule has 2 aliphatic rings. The molecule has 11 heteroatoms. The van der Waals surface area contributed by atoms with Gasteiger partial charge in [0, 0.05) is 13.1 Å². The van der Waals surface area contributed by atoms with Crippen LogP contribution in [0.4, 0.5) is 0 Å². The number of nitrogens with zero attached hydrogens (tertiary/aromatic N) is 3. The molecule has 3 heterocycles. The molecule has 2 aliphatic heterocycles. The fraction of sp³-hybridized carbons (Fsp3) is 0.394. The Labute approximate surface area is 259 Å². The number of rotatable bonds is 11. The highest BCUT2D eigenvalue weighted by molar-refractivity contribution is 7.07. The number of carbonyl (C=O) groups is 2. The predicted octanol–water partition coefficient (Wildman–Crippen LogP) is 3.60. The quantitative estimate of drug-likeness (QED) is 0.302. The van der Waals surface area contributed by atoms with E-state index in [9.17, 15) is 14.4 Å². The summed E-state index contributed by atoms with van der Waals surface area (Å²) < 4.78 is 24.3. The molecular weight excluding hydrogens is 582 g/mol. The lowest BCUT2D eigenvalue weighted by Crippen LogP contribution is -2.40. The molecule has 1 fully saturated rings. The number of aromatic nitrogens is 1. The molecule has 0 unspecified atom stereocenters. The lowest BCUT2D eigenvalue weighted by Gasteiger charge is -2.26. The van der Waals surface area contributed by atoms with E-state index in [2.05, 4.69) is 0 Å². The third-order valence-corrected chi connectivity index (χ3v) is 8.58. The first-order chi connectivity index (χ1) is 21.4. The van der Waals surface area contributed by atoms with Gasteiger partial charge in [0.2, 0.25) is 0 Å². The zero-order valence-electron chi connectivity index (χ0n) is 25.5. The molecule has 1 aromatic heterocycles. The fourth-order valence-corrected chi connectivity index (χ4v) is 6.51. The number of hydrogen-bond donors (Lipinski definition) is 0. The SMILES string of the molecule is CCCC1=C(C(=O)OCC)[C@@H](c2cccc(OC)c2)n2c(s/c(=C/c3ccc(OCC(=O)N4CCCC4)c(OC)c3)c2=O)=N1. The summed E-state index contributed by atoms with van der Waals surface area (Å²) in [5.74, 6) is 0.957. The lowest BCUT2D eigenvalue weighted by molar-refractivity contribution is -0.139. The number of amides is 1. The van der Waals surface area contributed by atoms with Gasteiger partial charge in [-0.1, -0.05) is 42.9 Å². The maximum atomic E-state index is 14.0. The van der Waals surface area contributed by atoms with Gasteiger partial charge in [0.25, 0.3) is 11.5 Å². The second-order valence-electron chi connectivity index (χ2n) is 10.5. The van der Waals surface area contributed by atoms with Crippen LogP contribution in [0, 0.1) is 0 Å². The van der Waals surface area contributed by atoms with Gasteiger partial charge >= 0.3 is 5.97 Å². The zero-order valence-corrected chi connectivity index (χ0v) is 26.3. The van der Waals surface area contributed by atoms with Gasteiger partial charge in [-0.25, -0.2) is 9.79 Å². The van der Waals surface area contributed by atoms with E-state index in [4.69, 9.17) is 23.9 Å². The van der Waals surface area contributed by atoms with Crippen molar-refractivity contribution in [3.63, 3.8) is 0 Å². The number of fused-ring (bicyclic) bond motifs is 1. The van der Waals surface area contributed by atoms with Gasteiger partial charge in [-0.05, 0) is 67.7 Å². The third kappa shape index (κ3) is 6.42. The molecule has 2 aromatic carbocycles. The average molecular weight is 620 g/mol. The van der Waals surface area contributed by atoms with Crippen LogP contribution in [0.1, 0.15) is 56.7 Å². The van der Waals surface area contributed by atoms with Crippen LogP contribution in [-0.2, 0) is 14.3 Å². The molecule has 0 radical (unpaired) electrons. The first-order valence-corrected chi connectivity index (χ1v) is 15.6. The van der Waals surface area contributed by atoms with Crippen molar-refractivity contribution in [3.8, 4) is 17.2 Å². The van der Waals surface area contributed by atoms with Crippen LogP contribution in [0.25, 0.3) is 6.08 Å². The molecule has 0 spiro atoms. The van der Waals surface area contributed by atoms with Crippen molar-refractivity contribution in [3.05, 3.63) is 84.5 Å². The molecule has 232 valence electrons. The van der Waals surface area contributed by atoms with Crippen molar-refractivity contribution in [1.29, 1.82) is 0 Å². The molecule has 5 rings (SSSR count). The Bertz CT molecular complexity index is 1750. The summed E-state index contributed by atoms with van der Waals surface area (Å²) in [6.45, 7) is 5.42. The van der Waals surface area contributed by atoms with Crippen LogP contribution < -0.4 is 29.1 Å². The number of thiazole rings is 1. The molecule has 0 saturated carbocycles. The predicted molar refractivity (Wildman–Crippen MR) is 167 cm³/mol. The Kier molecular flexibility index (Phi) is 9.84. The number of ether oxygens (including phenoxy) is 4. The molecule has 1 saturated heterocycles. The monoisotopic (exact) mass is 619 g/mol. The molecule has 44 heavy (non-hydrogen) atoms. The van der Waals surface area contributed by atoms with Crippen LogP contribution in [-0.4, -0.2) is 61.9 Å². The van der Waals surface area contributed by atoms with Gasteiger partial charge in [-0.15, -0.1) is 0 Å². The smallest absolute Gasteiger partial charge is 0.338 e. The number of carbonyl (C=O) groups excluding carboxylic acids is 2. The lowest BCUT2D eigenvalue weighted by atomic mass is 9.94. The van der Waals surface area contributed by atoms with Gasteiger partial charge in [0.1, 0.15) is 5.75 Å². The minimum Gasteiger partial charge on any atom is -0.497 e. The zero-order chi connectivity index (χ0) is 31.2. The molecule has 3 aromatic rings. The van der Waals surface area contributed by atoms with Crippen molar-refractivity contribution in [2.24, 2.45) is 4.99 Å². The van der Waals surface area contributed by atoms with Crippen molar-refractivity contribution >= 4 is 29.3 Å². The van der Waals surface area contributed by atoms with E-state index in [1.165, 1.54) is 18.4 Å². The summed E-state index contributed by atoms with van der Waals surface area (Å²) >= 11 is 1.26. The number of esters is 1. The third-order valence-electron chi connectivity index (χ3n) is 7.60. The highest BCUT2D eigenvalue weighted by Gasteiger charge is 2.34. The normalized spacial score (nSPS) is 16.4. The minimum absolute atomic E-state index is 0.0510. The number of methoxy groups -OCH3 is 2. The highest BCUT2D eigenvalue weighted by Crippen LogP contribution is 2.34. The highest BCUT2D eigenvalue weighted by atomic mass is 32.1. The molecule has 1 amide bonds. The Morgan fingerprint density at radius 1 is 1.05 bits per heavy atom.